The van der Waals surface area contributed by atoms with E-state index >= 15 is 0 Å². The summed E-state index contributed by atoms with van der Waals surface area (Å²) in [5, 5.41) is 9.97. The minimum atomic E-state index is -0.392. The molecule has 1 aliphatic heterocycles. The Labute approximate surface area is 439 Å². The van der Waals surface area contributed by atoms with Crippen molar-refractivity contribution in [2.45, 2.75) is 38.9 Å². The van der Waals surface area contributed by atoms with Crippen LogP contribution >= 0.6 is 54.5 Å². The van der Waals surface area contributed by atoms with Crippen molar-refractivity contribution < 1.29 is 9.31 Å². The zero-order chi connectivity index (χ0) is 48.1. The minimum Gasteiger partial charge on any atom is -0.399 e. The van der Waals surface area contributed by atoms with Crippen molar-refractivity contribution in [1.82, 2.24) is 9.13 Å². The van der Waals surface area contributed by atoms with E-state index in [4.69, 9.17) is 9.31 Å². The molecule has 342 valence electrons. The van der Waals surface area contributed by atoms with Crippen LogP contribution in [0.4, 0.5) is 0 Å². The summed E-state index contributed by atoms with van der Waals surface area (Å²) in [5.41, 5.74) is 10.1. The molecule has 0 atom stereocenters. The van der Waals surface area contributed by atoms with Crippen LogP contribution < -0.4 is 5.46 Å². The highest BCUT2D eigenvalue weighted by atomic mass is 127. The van der Waals surface area contributed by atoms with Gasteiger partial charge in [0, 0.05) is 44.8 Å². The van der Waals surface area contributed by atoms with Gasteiger partial charge in [-0.05, 0) is 150 Å². The smallest absolute Gasteiger partial charge is 0.399 e. The van der Waals surface area contributed by atoms with Crippen molar-refractivity contribution in [3.8, 4) is 22.5 Å². The van der Waals surface area contributed by atoms with Gasteiger partial charge in [-0.1, -0.05) is 177 Å². The highest BCUT2D eigenvalue weighted by Crippen LogP contribution is 2.40. The normalized spacial score (nSPS) is 14.0. The lowest BCUT2D eigenvalue weighted by Crippen LogP contribution is -2.41. The van der Waals surface area contributed by atoms with Crippen molar-refractivity contribution in [2.24, 2.45) is 0 Å². The van der Waals surface area contributed by atoms with Gasteiger partial charge in [-0.2, -0.15) is 0 Å². The van der Waals surface area contributed by atoms with Crippen molar-refractivity contribution in [2.75, 3.05) is 0 Å². The number of halogens is 3. The number of aromatic nitrogens is 2. The van der Waals surface area contributed by atoms with E-state index < -0.39 is 7.12 Å². The van der Waals surface area contributed by atoms with Crippen molar-refractivity contribution in [3.05, 3.63) is 231 Å². The van der Waals surface area contributed by atoms with E-state index in [0.717, 1.165) is 19.8 Å². The molecule has 3 heterocycles. The van der Waals surface area contributed by atoms with Gasteiger partial charge in [0.1, 0.15) is 0 Å². The maximum atomic E-state index is 6.40. The average molecular weight is 1150 g/mol. The predicted molar refractivity (Wildman–Crippen MR) is 312 cm³/mol. The summed E-state index contributed by atoms with van der Waals surface area (Å²) in [6.07, 6.45) is 0. The second-order valence-corrected chi connectivity index (χ2v) is 21.7. The van der Waals surface area contributed by atoms with Gasteiger partial charge in [-0.25, -0.2) is 0 Å². The Morgan fingerprint density at radius 3 is 1.14 bits per heavy atom. The van der Waals surface area contributed by atoms with E-state index in [0.29, 0.717) is 0 Å². The molecular weight excluding hydrogens is 1100 g/mol. The summed E-state index contributed by atoms with van der Waals surface area (Å²) >= 11 is 9.17. The van der Waals surface area contributed by atoms with Gasteiger partial charge in [0.05, 0.1) is 44.6 Å². The largest absolute Gasteiger partial charge is 0.495 e. The zero-order valence-electron chi connectivity index (χ0n) is 39.2. The molecule has 12 aromatic rings. The van der Waals surface area contributed by atoms with Crippen LogP contribution in [0.1, 0.15) is 27.7 Å². The molecule has 4 nitrogen and oxygen atoms in total. The number of rotatable bonds is 4. The lowest BCUT2D eigenvalue weighted by atomic mass is 9.76. The van der Waals surface area contributed by atoms with E-state index in [1.807, 2.05) is 12.1 Å². The fourth-order valence-electron chi connectivity index (χ4n) is 9.83. The molecule has 0 aliphatic carbocycles. The molecular formula is C62H48BBr2IN2O2. The van der Waals surface area contributed by atoms with Crippen LogP contribution in [0.15, 0.2) is 227 Å². The van der Waals surface area contributed by atoms with Gasteiger partial charge in [-0.15, -0.1) is 0 Å². The van der Waals surface area contributed by atoms with Gasteiger partial charge < -0.3 is 18.4 Å². The van der Waals surface area contributed by atoms with Gasteiger partial charge >= 0.3 is 7.12 Å². The standard InChI is InChI=1S/C28H26BNO2.C28H18BrN.C6H4BrI/c1-27(2)28(3,4)32-29(31-27)23-17-18-26(20-12-6-5-11-19(20)23)30-24-15-9-7-13-21(24)22-14-8-10-16-25(22)30;29-20-15-13-19(14-16-20)21-17-18-28(23-8-2-1-7-22(21)23)30-26-11-5-3-9-24(26)25-10-4-6-12-27(25)30;7-5-1-3-6(8)4-2-5/h5-18H,1-4H3;1-18H;1-4H. The third-order valence-electron chi connectivity index (χ3n) is 13.9. The van der Waals surface area contributed by atoms with Crippen molar-refractivity contribution in [3.63, 3.8) is 0 Å². The summed E-state index contributed by atoms with van der Waals surface area (Å²) in [7, 11) is -0.392. The highest BCUT2D eigenvalue weighted by molar-refractivity contribution is 14.1. The zero-order valence-corrected chi connectivity index (χ0v) is 44.5. The van der Waals surface area contributed by atoms with Crippen LogP contribution in [0.25, 0.3) is 87.7 Å². The maximum absolute atomic E-state index is 6.40. The quantitative estimate of drug-likeness (QED) is 0.130. The highest BCUT2D eigenvalue weighted by Gasteiger charge is 2.52. The van der Waals surface area contributed by atoms with E-state index in [-0.39, 0.29) is 11.2 Å². The lowest BCUT2D eigenvalue weighted by molar-refractivity contribution is 0.00578. The molecule has 0 unspecified atom stereocenters. The van der Waals surface area contributed by atoms with Crippen molar-refractivity contribution >= 4 is 132 Å². The first kappa shape index (κ1) is 46.4. The number of hydrogen-bond donors (Lipinski definition) is 0. The van der Waals surface area contributed by atoms with Crippen molar-refractivity contribution in [1.29, 1.82) is 0 Å². The number of nitrogens with zero attached hydrogens (tertiary/aromatic N) is 2. The van der Waals surface area contributed by atoms with Crippen LogP contribution in [-0.4, -0.2) is 27.5 Å². The fraction of sp³-hybridized carbons (Fsp3) is 0.0968. The Morgan fingerprint density at radius 2 is 0.714 bits per heavy atom. The second-order valence-electron chi connectivity index (χ2n) is 18.7. The van der Waals surface area contributed by atoms with Crippen LogP contribution in [-0.2, 0) is 9.31 Å². The Kier molecular flexibility index (Phi) is 12.6. The second kappa shape index (κ2) is 19.0. The van der Waals surface area contributed by atoms with E-state index in [1.54, 1.807) is 0 Å². The Morgan fingerprint density at radius 1 is 0.371 bits per heavy atom. The average Bonchev–Trinajstić information content (AvgIpc) is 3.97. The maximum Gasteiger partial charge on any atom is 0.495 e. The molecule has 13 rings (SSSR count). The van der Waals surface area contributed by atoms with E-state index in [9.17, 15) is 0 Å². The Bertz CT molecular complexity index is 3760. The van der Waals surface area contributed by atoms with Crippen LogP contribution in [0, 0.1) is 3.57 Å². The molecule has 1 fully saturated rings. The van der Waals surface area contributed by atoms with Crippen LogP contribution in [0.5, 0.6) is 0 Å². The topological polar surface area (TPSA) is 28.3 Å². The van der Waals surface area contributed by atoms with E-state index in [2.05, 4.69) is 298 Å². The summed E-state index contributed by atoms with van der Waals surface area (Å²) in [6, 6.07) is 77.5. The fourth-order valence-corrected chi connectivity index (χ4v) is 10.7. The monoisotopic (exact) mass is 1150 g/mol. The predicted octanol–water partition coefficient (Wildman–Crippen LogP) is 17.7. The summed E-state index contributed by atoms with van der Waals surface area (Å²) in [5.74, 6) is 0. The summed E-state index contributed by atoms with van der Waals surface area (Å²) in [6.45, 7) is 8.40. The molecule has 8 heteroatoms. The molecule has 1 aliphatic rings. The number of hydrogen-bond acceptors (Lipinski definition) is 2. The number of para-hydroxylation sites is 4. The first-order chi connectivity index (χ1) is 34.0. The van der Waals surface area contributed by atoms with Gasteiger partial charge in [-0.3, -0.25) is 0 Å². The molecule has 0 radical (unpaired) electrons. The molecule has 10 aromatic carbocycles. The molecule has 70 heavy (non-hydrogen) atoms. The summed E-state index contributed by atoms with van der Waals surface area (Å²) < 4.78 is 21.1. The lowest BCUT2D eigenvalue weighted by Gasteiger charge is -2.32. The molecule has 0 N–H and O–H groups in total. The minimum absolute atomic E-state index is 0.371. The first-order valence-corrected chi connectivity index (χ1v) is 26.2. The third-order valence-corrected chi connectivity index (χ3v) is 15.7. The molecule has 0 spiro atoms. The first-order valence-electron chi connectivity index (χ1n) is 23.5. The van der Waals surface area contributed by atoms with E-state index in [1.165, 1.54) is 85.8 Å². The summed E-state index contributed by atoms with van der Waals surface area (Å²) in [4.78, 5) is 0. The number of fused-ring (bicyclic) bond motifs is 8. The Hall–Kier alpha value is -6.01. The molecule has 1 saturated heterocycles. The van der Waals surface area contributed by atoms with Gasteiger partial charge in [0.2, 0.25) is 0 Å². The Balaban J connectivity index is 0.000000132. The SMILES string of the molecule is Brc1ccc(-c2ccc(-n3c4ccccc4c4ccccc43)c3ccccc23)cc1.Brc1ccc(I)cc1.CC1(C)OB(c2ccc(-n3c4ccccc4c4ccccc43)c3ccccc23)OC1(C)C. The third kappa shape index (κ3) is 8.47. The number of benzene rings is 10. The molecule has 0 amide bonds. The van der Waals surface area contributed by atoms with Gasteiger partial charge in [0.25, 0.3) is 0 Å². The molecule has 2 aromatic heterocycles. The van der Waals surface area contributed by atoms with Gasteiger partial charge in [0.15, 0.2) is 0 Å². The molecule has 0 bridgehead atoms. The van der Waals surface area contributed by atoms with Crippen LogP contribution in [0.3, 0.4) is 0 Å². The van der Waals surface area contributed by atoms with Crippen LogP contribution in [0.2, 0.25) is 0 Å². The molecule has 0 saturated carbocycles.